The Morgan fingerprint density at radius 1 is 1.67 bits per heavy atom. The highest BCUT2D eigenvalue weighted by Gasteiger charge is 2.22. The van der Waals surface area contributed by atoms with Crippen LogP contribution in [0.4, 0.5) is 13.2 Å². The molecule has 54 valence electrons. The first-order valence-corrected chi connectivity index (χ1v) is 1.95. The van der Waals surface area contributed by atoms with E-state index >= 15 is 0 Å². The van der Waals surface area contributed by atoms with Gasteiger partial charge in [-0.1, -0.05) is 0 Å². The van der Waals surface area contributed by atoms with Crippen molar-refractivity contribution in [3.8, 4) is 6.07 Å². The number of alkyl halides is 3. The van der Waals surface area contributed by atoms with Crippen LogP contribution < -0.4 is 0 Å². The lowest BCUT2D eigenvalue weighted by Gasteiger charge is -1.97. The summed E-state index contributed by atoms with van der Waals surface area (Å²) in [7, 11) is 0. The average molecular weight is 141 g/mol. The van der Waals surface area contributed by atoms with Gasteiger partial charge in [0.2, 0.25) is 0 Å². The van der Waals surface area contributed by atoms with Crippen molar-refractivity contribution in [2.45, 2.75) is 13.0 Å². The summed E-state index contributed by atoms with van der Waals surface area (Å²) in [6.07, 6.45) is -4.12. The van der Waals surface area contributed by atoms with Crippen LogP contribution in [0.3, 0.4) is 0 Å². The average Bonchev–Trinajstić information content (AvgIpc) is 1.67. The minimum Gasteiger partial charge on any atom is -0.334 e. The Kier molecular flexibility index (Phi) is 6.63. The van der Waals surface area contributed by atoms with E-state index < -0.39 is 12.8 Å². The van der Waals surface area contributed by atoms with Crippen molar-refractivity contribution in [2.24, 2.45) is 0 Å². The molecule has 0 aliphatic heterocycles. The van der Waals surface area contributed by atoms with Gasteiger partial charge in [-0.2, -0.15) is 14.0 Å². The third kappa shape index (κ3) is 39.6. The Balaban J connectivity index is 0. The number of hydrogen-bond acceptors (Lipinski definition) is 2. The summed E-state index contributed by atoms with van der Waals surface area (Å²) in [6, 6.07) is 1.75. The van der Waals surface area contributed by atoms with Crippen molar-refractivity contribution in [3.63, 3.8) is 0 Å². The summed E-state index contributed by atoms with van der Waals surface area (Å²) in [5.74, 6) is 0. The topological polar surface area (TPSA) is 44.0 Å². The summed E-state index contributed by atoms with van der Waals surface area (Å²) < 4.78 is 31.8. The predicted octanol–water partition coefficient (Wildman–Crippen LogP) is 1.07. The molecule has 0 saturated heterocycles. The first kappa shape index (κ1) is 11.1. The molecule has 0 aliphatic carbocycles. The molecule has 0 saturated carbocycles. The zero-order valence-corrected chi connectivity index (χ0v) is 4.74. The molecular weight excluding hydrogens is 135 g/mol. The molecule has 0 amide bonds. The highest BCUT2D eigenvalue weighted by atomic mass is 19.3. The van der Waals surface area contributed by atoms with Crippen LogP contribution in [0.2, 0.25) is 0 Å². The van der Waals surface area contributed by atoms with Crippen LogP contribution in [0.15, 0.2) is 0 Å². The molecule has 0 radical (unpaired) electrons. The molecule has 5 heteroatoms. The Hall–Kier alpha value is -0.760. The zero-order valence-electron chi connectivity index (χ0n) is 4.74. The Labute approximate surface area is 50.5 Å². The molecule has 0 aliphatic rings. The van der Waals surface area contributed by atoms with Crippen molar-refractivity contribution < 1.29 is 18.3 Å². The van der Waals surface area contributed by atoms with Gasteiger partial charge in [0.25, 0.3) is 0 Å². The molecule has 0 rings (SSSR count). The van der Waals surface area contributed by atoms with E-state index in [1.54, 1.807) is 6.07 Å². The lowest BCUT2D eigenvalue weighted by molar-refractivity contribution is -0.208. The summed E-state index contributed by atoms with van der Waals surface area (Å²) in [4.78, 5) is 0. The van der Waals surface area contributed by atoms with Crippen LogP contribution >= 0.6 is 0 Å². The number of aliphatic hydroxyl groups is 1. The molecule has 9 heavy (non-hydrogen) atoms. The summed E-state index contributed by atoms with van der Waals surface area (Å²) >= 11 is 0. The maximum atomic E-state index is 10.6. The first-order valence-electron chi connectivity index (χ1n) is 1.95. The van der Waals surface area contributed by atoms with E-state index in [2.05, 4.69) is 0 Å². The van der Waals surface area contributed by atoms with Crippen molar-refractivity contribution in [1.29, 1.82) is 5.26 Å². The molecule has 0 fully saturated rings. The van der Waals surface area contributed by atoms with Crippen LogP contribution in [0.25, 0.3) is 0 Å². The summed E-state index contributed by atoms with van der Waals surface area (Å²) in [6.45, 7) is -0.576. The third-order valence-electron chi connectivity index (χ3n) is 0.161. The lowest BCUT2D eigenvalue weighted by atomic mass is 10.7. The van der Waals surface area contributed by atoms with E-state index in [4.69, 9.17) is 10.4 Å². The molecule has 0 bridgehead atoms. The molecule has 1 N–H and O–H groups in total. The Bertz CT molecular complexity index is 93.0. The smallest absolute Gasteiger partial charge is 0.334 e. The van der Waals surface area contributed by atoms with E-state index in [-0.39, 0.29) is 0 Å². The van der Waals surface area contributed by atoms with Crippen molar-refractivity contribution in [1.82, 2.24) is 0 Å². The molecule has 2 nitrogen and oxygen atoms in total. The number of hydrogen-bond donors (Lipinski definition) is 1. The number of halogens is 3. The SMILES string of the molecule is CC#N.OC(F)(F)CF. The minimum absolute atomic E-state index is 1.43. The monoisotopic (exact) mass is 141 g/mol. The van der Waals surface area contributed by atoms with Gasteiger partial charge in [-0.3, -0.25) is 0 Å². The maximum Gasteiger partial charge on any atom is 0.381 e. The van der Waals surface area contributed by atoms with Gasteiger partial charge < -0.3 is 5.11 Å². The largest absolute Gasteiger partial charge is 0.381 e. The Morgan fingerprint density at radius 3 is 1.78 bits per heavy atom. The minimum atomic E-state index is -4.12. The fourth-order valence-electron chi connectivity index (χ4n) is 0. The number of nitriles is 1. The zero-order chi connectivity index (χ0) is 7.91. The van der Waals surface area contributed by atoms with Crippen LogP contribution in [-0.2, 0) is 0 Å². The quantitative estimate of drug-likeness (QED) is 0.593. The van der Waals surface area contributed by atoms with Crippen LogP contribution in [0.5, 0.6) is 0 Å². The van der Waals surface area contributed by atoms with E-state index in [1.165, 1.54) is 6.92 Å². The van der Waals surface area contributed by atoms with Gasteiger partial charge in [0.1, 0.15) is 0 Å². The van der Waals surface area contributed by atoms with Crippen LogP contribution in [0.1, 0.15) is 6.92 Å². The highest BCUT2D eigenvalue weighted by Crippen LogP contribution is 2.06. The van der Waals surface area contributed by atoms with Crippen LogP contribution in [0, 0.1) is 11.3 Å². The van der Waals surface area contributed by atoms with E-state index in [9.17, 15) is 13.2 Å². The van der Waals surface area contributed by atoms with Gasteiger partial charge >= 0.3 is 6.11 Å². The predicted molar refractivity (Wildman–Crippen MR) is 24.4 cm³/mol. The highest BCUT2D eigenvalue weighted by molar-refractivity contribution is 4.51. The van der Waals surface area contributed by atoms with Gasteiger partial charge in [0.15, 0.2) is 6.67 Å². The van der Waals surface area contributed by atoms with Gasteiger partial charge in [-0.05, 0) is 0 Å². The van der Waals surface area contributed by atoms with Crippen molar-refractivity contribution in [3.05, 3.63) is 0 Å². The lowest BCUT2D eigenvalue weighted by Crippen LogP contribution is -2.15. The second-order valence-electron chi connectivity index (χ2n) is 1.02. The Morgan fingerprint density at radius 2 is 1.78 bits per heavy atom. The third-order valence-corrected chi connectivity index (χ3v) is 0.161. The molecular formula is C4H6F3NO. The maximum absolute atomic E-state index is 10.6. The second kappa shape index (κ2) is 5.38. The van der Waals surface area contributed by atoms with E-state index in [0.717, 1.165) is 0 Å². The molecule has 0 aromatic carbocycles. The summed E-state index contributed by atoms with van der Waals surface area (Å²) in [5, 5.41) is 14.4. The van der Waals surface area contributed by atoms with Gasteiger partial charge in [-0.25, -0.2) is 4.39 Å². The van der Waals surface area contributed by atoms with Gasteiger partial charge in [-0.15, -0.1) is 0 Å². The number of nitrogens with zero attached hydrogens (tertiary/aromatic N) is 1. The molecule has 0 unspecified atom stereocenters. The number of rotatable bonds is 1. The molecule has 0 heterocycles. The van der Waals surface area contributed by atoms with Gasteiger partial charge in [0, 0.05) is 6.92 Å². The van der Waals surface area contributed by atoms with Crippen molar-refractivity contribution in [2.75, 3.05) is 6.67 Å². The van der Waals surface area contributed by atoms with Crippen molar-refractivity contribution >= 4 is 0 Å². The van der Waals surface area contributed by atoms with E-state index in [1.807, 2.05) is 0 Å². The second-order valence-corrected chi connectivity index (χ2v) is 1.02. The first-order chi connectivity index (χ1) is 3.97. The molecule has 0 aromatic rings. The normalized spacial score (nSPS) is 8.89. The fourth-order valence-corrected chi connectivity index (χ4v) is 0. The molecule has 0 spiro atoms. The molecule has 0 atom stereocenters. The van der Waals surface area contributed by atoms with Gasteiger partial charge in [0.05, 0.1) is 6.07 Å². The summed E-state index contributed by atoms with van der Waals surface area (Å²) in [5.41, 5.74) is 0. The fraction of sp³-hybridized carbons (Fsp3) is 0.750. The van der Waals surface area contributed by atoms with E-state index in [0.29, 0.717) is 0 Å². The van der Waals surface area contributed by atoms with Crippen LogP contribution in [-0.4, -0.2) is 17.9 Å². The standard InChI is InChI=1S/C2H3F3O.C2H3N/c3-1-2(4,5)6;1-2-3/h6H,1H2;1H3. The molecule has 0 aromatic heterocycles.